The van der Waals surface area contributed by atoms with Gasteiger partial charge in [-0.2, -0.15) is 0 Å². The smallest absolute Gasteiger partial charge is 0.248 e. The van der Waals surface area contributed by atoms with Crippen molar-refractivity contribution in [3.8, 4) is 11.4 Å². The van der Waals surface area contributed by atoms with Crippen LogP contribution in [0, 0.1) is 0 Å². The number of furan rings is 1. The molecule has 0 N–H and O–H groups in total. The van der Waals surface area contributed by atoms with Crippen molar-refractivity contribution in [1.29, 1.82) is 0 Å². The molecule has 4 aromatic heterocycles. The van der Waals surface area contributed by atoms with Crippen LogP contribution < -0.4 is 0 Å². The van der Waals surface area contributed by atoms with E-state index in [9.17, 15) is 0 Å². The van der Waals surface area contributed by atoms with Crippen LogP contribution in [0.1, 0.15) is 0 Å². The monoisotopic (exact) mass is 298 g/mol. The third-order valence-electron chi connectivity index (χ3n) is 3.86. The lowest BCUT2D eigenvalue weighted by Gasteiger charge is -2.04. The lowest BCUT2D eigenvalue weighted by atomic mass is 10.1. The van der Waals surface area contributed by atoms with E-state index >= 15 is 0 Å². The molecule has 0 fully saturated rings. The zero-order valence-corrected chi connectivity index (χ0v) is 12.0. The van der Waals surface area contributed by atoms with Gasteiger partial charge in [-0.05, 0) is 23.6 Å². The molecule has 0 saturated heterocycles. The van der Waals surface area contributed by atoms with E-state index in [-0.39, 0.29) is 0 Å². The van der Waals surface area contributed by atoms with Gasteiger partial charge in [0.1, 0.15) is 11.2 Å². The molecule has 5 aromatic rings. The third-order valence-corrected chi connectivity index (χ3v) is 3.86. The van der Waals surface area contributed by atoms with Crippen molar-refractivity contribution in [2.45, 2.75) is 0 Å². The van der Waals surface area contributed by atoms with E-state index in [1.807, 2.05) is 36.4 Å². The highest BCUT2D eigenvalue weighted by molar-refractivity contribution is 5.99. The van der Waals surface area contributed by atoms with E-state index in [0.717, 1.165) is 22.0 Å². The summed E-state index contributed by atoms with van der Waals surface area (Å²) in [6.07, 6.45) is 5.23. The molecule has 23 heavy (non-hydrogen) atoms. The quantitative estimate of drug-likeness (QED) is 0.468. The Balaban J connectivity index is 1.81. The highest BCUT2D eigenvalue weighted by Gasteiger charge is 2.13. The SMILES string of the molecule is c1ccc2c(-c3cnc4c(n3)oc3cccnc34)nccc2c1. The van der Waals surface area contributed by atoms with Crippen molar-refractivity contribution >= 4 is 33.1 Å². The highest BCUT2D eigenvalue weighted by Crippen LogP contribution is 2.28. The molecule has 0 aliphatic carbocycles. The number of fused-ring (bicyclic) bond motifs is 4. The van der Waals surface area contributed by atoms with Crippen LogP contribution >= 0.6 is 0 Å². The van der Waals surface area contributed by atoms with Crippen molar-refractivity contribution in [2.75, 3.05) is 0 Å². The maximum Gasteiger partial charge on any atom is 0.248 e. The summed E-state index contributed by atoms with van der Waals surface area (Å²) in [5, 5.41) is 2.16. The van der Waals surface area contributed by atoms with Gasteiger partial charge in [0.2, 0.25) is 5.71 Å². The normalized spacial score (nSPS) is 11.5. The van der Waals surface area contributed by atoms with Gasteiger partial charge in [-0.15, -0.1) is 0 Å². The summed E-state index contributed by atoms with van der Waals surface area (Å²) in [5.74, 6) is 0. The topological polar surface area (TPSA) is 64.7 Å². The number of pyridine rings is 2. The molecule has 108 valence electrons. The molecule has 0 bridgehead atoms. The third kappa shape index (κ3) is 1.80. The molecular weight excluding hydrogens is 288 g/mol. The Morgan fingerprint density at radius 3 is 2.74 bits per heavy atom. The van der Waals surface area contributed by atoms with Gasteiger partial charge in [0, 0.05) is 17.8 Å². The number of aromatic nitrogens is 4. The first kappa shape index (κ1) is 12.2. The minimum atomic E-state index is 0.478. The number of hydrogen-bond donors (Lipinski definition) is 0. The summed E-state index contributed by atoms with van der Waals surface area (Å²) in [6.45, 7) is 0. The van der Waals surface area contributed by atoms with Crippen LogP contribution in [0.25, 0.3) is 44.5 Å². The second kappa shape index (κ2) is 4.58. The van der Waals surface area contributed by atoms with Crippen molar-refractivity contribution in [1.82, 2.24) is 19.9 Å². The molecule has 5 heteroatoms. The lowest BCUT2D eigenvalue weighted by Crippen LogP contribution is -1.91. The molecule has 0 saturated carbocycles. The molecule has 0 atom stereocenters. The van der Waals surface area contributed by atoms with Gasteiger partial charge in [0.25, 0.3) is 0 Å². The van der Waals surface area contributed by atoms with Gasteiger partial charge in [-0.3, -0.25) is 9.97 Å². The van der Waals surface area contributed by atoms with Gasteiger partial charge in [0.05, 0.1) is 11.9 Å². The standard InChI is InChI=1S/C18H10N4O/c1-2-5-12-11(4-1)7-9-20-15(12)13-10-21-17-16-14(6-3-8-19-16)23-18(17)22-13/h1-10H. The van der Waals surface area contributed by atoms with Crippen LogP contribution in [-0.4, -0.2) is 19.9 Å². The van der Waals surface area contributed by atoms with Crippen molar-refractivity contribution in [2.24, 2.45) is 0 Å². The largest absolute Gasteiger partial charge is 0.435 e. The minimum Gasteiger partial charge on any atom is -0.435 e. The first-order valence-electron chi connectivity index (χ1n) is 7.24. The molecular formula is C18H10N4O. The molecule has 0 unspecified atom stereocenters. The Morgan fingerprint density at radius 1 is 0.783 bits per heavy atom. The van der Waals surface area contributed by atoms with Crippen LogP contribution in [0.15, 0.2) is 65.5 Å². The van der Waals surface area contributed by atoms with Gasteiger partial charge < -0.3 is 4.42 Å². The Kier molecular flexibility index (Phi) is 2.43. The van der Waals surface area contributed by atoms with Crippen LogP contribution in [0.3, 0.4) is 0 Å². The van der Waals surface area contributed by atoms with E-state index in [4.69, 9.17) is 4.42 Å². The number of hydrogen-bond acceptors (Lipinski definition) is 5. The number of rotatable bonds is 1. The van der Waals surface area contributed by atoms with Crippen LogP contribution in [0.5, 0.6) is 0 Å². The van der Waals surface area contributed by atoms with Gasteiger partial charge in [-0.1, -0.05) is 24.3 Å². The first-order valence-corrected chi connectivity index (χ1v) is 7.24. The molecule has 5 rings (SSSR count). The van der Waals surface area contributed by atoms with Crippen LogP contribution in [-0.2, 0) is 0 Å². The van der Waals surface area contributed by atoms with Crippen molar-refractivity contribution < 1.29 is 4.42 Å². The second-order valence-electron chi connectivity index (χ2n) is 5.24. The molecule has 0 radical (unpaired) electrons. The highest BCUT2D eigenvalue weighted by atomic mass is 16.3. The van der Waals surface area contributed by atoms with E-state index in [1.165, 1.54) is 0 Å². The second-order valence-corrected chi connectivity index (χ2v) is 5.24. The van der Waals surface area contributed by atoms with E-state index in [1.54, 1.807) is 18.6 Å². The van der Waals surface area contributed by atoms with Crippen LogP contribution in [0.4, 0.5) is 0 Å². The lowest BCUT2D eigenvalue weighted by molar-refractivity contribution is 0.653. The number of benzene rings is 1. The first-order chi connectivity index (χ1) is 11.4. The molecule has 0 amide bonds. The van der Waals surface area contributed by atoms with Crippen molar-refractivity contribution in [3.05, 3.63) is 61.1 Å². The molecule has 0 aliphatic rings. The minimum absolute atomic E-state index is 0.478. The van der Waals surface area contributed by atoms with Crippen LogP contribution in [0.2, 0.25) is 0 Å². The number of nitrogens with zero attached hydrogens (tertiary/aromatic N) is 4. The summed E-state index contributed by atoms with van der Waals surface area (Å²) in [4.78, 5) is 17.9. The Morgan fingerprint density at radius 2 is 1.74 bits per heavy atom. The van der Waals surface area contributed by atoms with E-state index in [0.29, 0.717) is 22.5 Å². The summed E-state index contributed by atoms with van der Waals surface area (Å²) in [5.41, 5.74) is 4.05. The zero-order chi connectivity index (χ0) is 15.2. The van der Waals surface area contributed by atoms with Gasteiger partial charge >= 0.3 is 0 Å². The predicted octanol–water partition coefficient (Wildman–Crippen LogP) is 3.99. The fourth-order valence-corrected chi connectivity index (χ4v) is 2.80. The summed E-state index contributed by atoms with van der Waals surface area (Å²) < 4.78 is 5.76. The zero-order valence-electron chi connectivity index (χ0n) is 12.0. The van der Waals surface area contributed by atoms with Crippen molar-refractivity contribution in [3.63, 3.8) is 0 Å². The molecule has 1 aromatic carbocycles. The summed E-state index contributed by atoms with van der Waals surface area (Å²) in [6, 6.07) is 13.8. The summed E-state index contributed by atoms with van der Waals surface area (Å²) >= 11 is 0. The average Bonchev–Trinajstić information content (AvgIpc) is 2.99. The maximum atomic E-state index is 5.76. The van der Waals surface area contributed by atoms with Gasteiger partial charge in [0.15, 0.2) is 11.1 Å². The average molecular weight is 298 g/mol. The Hall–Kier alpha value is -3.34. The fraction of sp³-hybridized carbons (Fsp3) is 0. The molecule has 0 aliphatic heterocycles. The molecule has 4 heterocycles. The summed E-state index contributed by atoms with van der Waals surface area (Å²) in [7, 11) is 0. The molecule has 5 nitrogen and oxygen atoms in total. The predicted molar refractivity (Wildman–Crippen MR) is 87.8 cm³/mol. The maximum absolute atomic E-state index is 5.76. The molecule has 0 spiro atoms. The van der Waals surface area contributed by atoms with E-state index in [2.05, 4.69) is 26.0 Å². The Bertz CT molecular complexity index is 1170. The van der Waals surface area contributed by atoms with E-state index < -0.39 is 0 Å². The van der Waals surface area contributed by atoms with Gasteiger partial charge in [-0.25, -0.2) is 9.97 Å². The fourth-order valence-electron chi connectivity index (χ4n) is 2.80. The Labute approximate surface area is 130 Å².